The number of piperazine rings is 1. The fraction of sp³-hybridized carbons (Fsp3) is 0.321. The number of carbonyl (C=O) groups excluding carboxylic acids is 3. The number of aryl methyl sites for hydroxylation is 2. The van der Waals surface area contributed by atoms with Gasteiger partial charge in [-0.05, 0) is 44.0 Å². The van der Waals surface area contributed by atoms with Gasteiger partial charge in [0.15, 0.2) is 0 Å². The van der Waals surface area contributed by atoms with Crippen LogP contribution in [0.3, 0.4) is 0 Å². The summed E-state index contributed by atoms with van der Waals surface area (Å²) in [5.41, 5.74) is 4.97. The van der Waals surface area contributed by atoms with Crippen molar-refractivity contribution in [3.05, 3.63) is 76.2 Å². The van der Waals surface area contributed by atoms with Crippen LogP contribution in [0.2, 0.25) is 0 Å². The number of esters is 1. The molecule has 7 nitrogen and oxygen atoms in total. The Hall–Kier alpha value is -3.49. The highest BCUT2D eigenvalue weighted by atomic mass is 32.1. The third-order valence-corrected chi connectivity index (χ3v) is 7.14. The molecule has 0 bridgehead atoms. The van der Waals surface area contributed by atoms with E-state index in [2.05, 4.69) is 11.4 Å². The Bertz CT molecular complexity index is 1250. The first-order chi connectivity index (χ1) is 17.4. The average Bonchev–Trinajstić information content (AvgIpc) is 3.27. The Labute approximate surface area is 215 Å². The first kappa shape index (κ1) is 25.6. The molecule has 1 aliphatic heterocycles. The van der Waals surface area contributed by atoms with E-state index in [1.165, 1.54) is 11.3 Å². The van der Waals surface area contributed by atoms with Gasteiger partial charge in [0.25, 0.3) is 5.91 Å². The van der Waals surface area contributed by atoms with Crippen molar-refractivity contribution in [1.29, 1.82) is 0 Å². The largest absolute Gasteiger partial charge is 0.462 e. The zero-order valence-electron chi connectivity index (χ0n) is 20.9. The van der Waals surface area contributed by atoms with Gasteiger partial charge < -0.3 is 15.0 Å². The van der Waals surface area contributed by atoms with Crippen molar-refractivity contribution in [2.45, 2.75) is 20.8 Å². The van der Waals surface area contributed by atoms with Gasteiger partial charge in [-0.25, -0.2) is 4.79 Å². The quantitative estimate of drug-likeness (QED) is 0.475. The summed E-state index contributed by atoms with van der Waals surface area (Å²) in [5, 5.41) is 5.32. The lowest BCUT2D eigenvalue weighted by Gasteiger charge is -2.34. The third-order valence-electron chi connectivity index (χ3n) is 6.24. The number of hydrogen-bond acceptors (Lipinski definition) is 6. The number of ether oxygens (including phenoxy) is 1. The van der Waals surface area contributed by atoms with E-state index >= 15 is 0 Å². The van der Waals surface area contributed by atoms with E-state index < -0.39 is 5.97 Å². The highest BCUT2D eigenvalue weighted by molar-refractivity contribution is 7.15. The van der Waals surface area contributed by atoms with Crippen LogP contribution in [0.4, 0.5) is 5.00 Å². The maximum absolute atomic E-state index is 12.9. The third kappa shape index (κ3) is 5.83. The molecule has 36 heavy (non-hydrogen) atoms. The van der Waals surface area contributed by atoms with Crippen LogP contribution in [-0.4, -0.2) is 66.9 Å². The summed E-state index contributed by atoms with van der Waals surface area (Å²) in [7, 11) is 0. The average molecular weight is 506 g/mol. The fourth-order valence-electron chi connectivity index (χ4n) is 4.41. The number of carbonyl (C=O) groups is 3. The summed E-state index contributed by atoms with van der Waals surface area (Å²) in [6.07, 6.45) is 0. The molecule has 8 heteroatoms. The lowest BCUT2D eigenvalue weighted by Crippen LogP contribution is -2.50. The van der Waals surface area contributed by atoms with E-state index in [9.17, 15) is 14.4 Å². The highest BCUT2D eigenvalue weighted by Gasteiger charge is 2.26. The van der Waals surface area contributed by atoms with Crippen molar-refractivity contribution >= 4 is 34.1 Å². The number of nitrogens with zero attached hydrogens (tertiary/aromatic N) is 2. The van der Waals surface area contributed by atoms with Crippen LogP contribution in [0.25, 0.3) is 11.1 Å². The fourth-order valence-corrected chi connectivity index (χ4v) is 5.38. The summed E-state index contributed by atoms with van der Waals surface area (Å²) < 4.78 is 5.32. The molecule has 2 heterocycles. The molecule has 0 spiro atoms. The molecule has 1 aliphatic rings. The topological polar surface area (TPSA) is 79.0 Å². The van der Waals surface area contributed by atoms with Gasteiger partial charge in [-0.1, -0.05) is 42.0 Å². The number of rotatable bonds is 7. The monoisotopic (exact) mass is 505 g/mol. The molecule has 2 aromatic carbocycles. The molecular formula is C28H31N3O4S. The van der Waals surface area contributed by atoms with Gasteiger partial charge in [0.05, 0.1) is 13.2 Å². The minimum Gasteiger partial charge on any atom is -0.462 e. The molecule has 2 amide bonds. The molecular weight excluding hydrogens is 474 g/mol. The molecule has 0 saturated carbocycles. The van der Waals surface area contributed by atoms with Gasteiger partial charge in [0.2, 0.25) is 5.91 Å². The summed E-state index contributed by atoms with van der Waals surface area (Å²) >= 11 is 1.33. The Morgan fingerprint density at radius 1 is 0.972 bits per heavy atom. The summed E-state index contributed by atoms with van der Waals surface area (Å²) in [5.74, 6) is -0.634. The van der Waals surface area contributed by atoms with Crippen LogP contribution in [0, 0.1) is 13.8 Å². The number of benzene rings is 2. The summed E-state index contributed by atoms with van der Waals surface area (Å²) in [6.45, 7) is 8.57. The van der Waals surface area contributed by atoms with Crippen LogP contribution in [0.1, 0.15) is 38.8 Å². The van der Waals surface area contributed by atoms with Gasteiger partial charge in [-0.15, -0.1) is 11.3 Å². The normalized spacial score (nSPS) is 13.9. The van der Waals surface area contributed by atoms with Gasteiger partial charge in [0.1, 0.15) is 10.6 Å². The van der Waals surface area contributed by atoms with Crippen molar-refractivity contribution in [3.63, 3.8) is 0 Å². The number of hydrogen-bond donors (Lipinski definition) is 1. The summed E-state index contributed by atoms with van der Waals surface area (Å²) in [6, 6.07) is 15.3. The van der Waals surface area contributed by atoms with Crippen molar-refractivity contribution in [3.8, 4) is 11.1 Å². The highest BCUT2D eigenvalue weighted by Crippen LogP contribution is 2.38. The molecule has 188 valence electrons. The van der Waals surface area contributed by atoms with Crippen molar-refractivity contribution in [2.75, 3.05) is 44.6 Å². The first-order valence-corrected chi connectivity index (χ1v) is 13.0. The molecule has 3 aromatic rings. The van der Waals surface area contributed by atoms with Crippen LogP contribution >= 0.6 is 11.3 Å². The number of anilines is 1. The van der Waals surface area contributed by atoms with Gasteiger partial charge in [-0.3, -0.25) is 14.5 Å². The van der Waals surface area contributed by atoms with Crippen LogP contribution < -0.4 is 5.32 Å². The van der Waals surface area contributed by atoms with Gasteiger partial charge in [-0.2, -0.15) is 0 Å². The van der Waals surface area contributed by atoms with E-state index in [1.54, 1.807) is 6.92 Å². The molecule has 1 saturated heterocycles. The Morgan fingerprint density at radius 2 is 1.69 bits per heavy atom. The lowest BCUT2D eigenvalue weighted by atomic mass is 9.97. The van der Waals surface area contributed by atoms with E-state index in [1.807, 2.05) is 71.5 Å². The van der Waals surface area contributed by atoms with Gasteiger partial charge >= 0.3 is 5.97 Å². The molecule has 0 aliphatic carbocycles. The second-order valence-corrected chi connectivity index (χ2v) is 9.75. The second kappa shape index (κ2) is 11.5. The Kier molecular flexibility index (Phi) is 8.18. The number of nitrogens with one attached hydrogen (secondary N) is 1. The smallest absolute Gasteiger partial charge is 0.341 e. The second-order valence-electron chi connectivity index (χ2n) is 8.87. The van der Waals surface area contributed by atoms with E-state index in [0.29, 0.717) is 42.3 Å². The number of amides is 2. The zero-order chi connectivity index (χ0) is 25.7. The minimum absolute atomic E-state index is 0.0105. The minimum atomic E-state index is -0.447. The van der Waals surface area contributed by atoms with Crippen LogP contribution in [0.15, 0.2) is 53.9 Å². The lowest BCUT2D eigenvalue weighted by molar-refractivity contribution is -0.117. The number of thiophene rings is 1. The molecule has 4 rings (SSSR count). The molecule has 1 aromatic heterocycles. The predicted octanol–water partition coefficient (Wildman–Crippen LogP) is 4.61. The van der Waals surface area contributed by atoms with Gasteiger partial charge in [0, 0.05) is 42.7 Å². The predicted molar refractivity (Wildman–Crippen MR) is 143 cm³/mol. The van der Waals surface area contributed by atoms with E-state index in [-0.39, 0.29) is 25.0 Å². The standard InChI is InChI=1S/C28H31N3O4S/c1-4-35-28(34)25-23(22-11-10-19(2)16-20(22)3)18-36-26(25)29-24(32)17-30-12-14-31(15-13-30)27(33)21-8-6-5-7-9-21/h5-11,16,18H,4,12-15,17H2,1-3H3,(H,29,32). The molecule has 1 N–H and O–H groups in total. The van der Waals surface area contributed by atoms with E-state index in [0.717, 1.165) is 22.3 Å². The van der Waals surface area contributed by atoms with Crippen LogP contribution in [0.5, 0.6) is 0 Å². The zero-order valence-corrected chi connectivity index (χ0v) is 21.7. The molecule has 0 unspecified atom stereocenters. The SMILES string of the molecule is CCOC(=O)c1c(-c2ccc(C)cc2C)csc1NC(=O)CN1CCN(C(=O)c2ccccc2)CC1. The summed E-state index contributed by atoms with van der Waals surface area (Å²) in [4.78, 5) is 42.3. The Morgan fingerprint density at radius 3 is 2.36 bits per heavy atom. The molecule has 0 atom stereocenters. The Balaban J connectivity index is 1.42. The first-order valence-electron chi connectivity index (χ1n) is 12.1. The van der Waals surface area contributed by atoms with Crippen molar-refractivity contribution in [1.82, 2.24) is 9.80 Å². The maximum Gasteiger partial charge on any atom is 0.341 e. The molecule has 1 fully saturated rings. The van der Waals surface area contributed by atoms with Crippen molar-refractivity contribution < 1.29 is 19.1 Å². The van der Waals surface area contributed by atoms with Crippen LogP contribution in [-0.2, 0) is 9.53 Å². The molecule has 0 radical (unpaired) electrons. The van der Waals surface area contributed by atoms with E-state index in [4.69, 9.17) is 4.74 Å². The maximum atomic E-state index is 12.9. The van der Waals surface area contributed by atoms with Crippen molar-refractivity contribution in [2.24, 2.45) is 0 Å².